The molecule has 154 valence electrons. The van der Waals surface area contributed by atoms with Crippen molar-refractivity contribution in [3.05, 3.63) is 53.2 Å². The van der Waals surface area contributed by atoms with E-state index in [0.29, 0.717) is 16.3 Å². The van der Waals surface area contributed by atoms with Gasteiger partial charge in [0.25, 0.3) is 5.91 Å². The van der Waals surface area contributed by atoms with Gasteiger partial charge in [-0.2, -0.15) is 0 Å². The molecule has 6 nitrogen and oxygen atoms in total. The van der Waals surface area contributed by atoms with E-state index in [1.165, 1.54) is 0 Å². The van der Waals surface area contributed by atoms with E-state index in [9.17, 15) is 9.59 Å². The number of nitrogens with zero attached hydrogens (tertiary/aromatic N) is 2. The minimum atomic E-state index is -0.291. The predicted octanol–water partition coefficient (Wildman–Crippen LogP) is 4.12. The largest absolute Gasteiger partial charge is 0.357 e. The average Bonchev–Trinajstić information content (AvgIpc) is 2.68. The van der Waals surface area contributed by atoms with Gasteiger partial charge in [0.2, 0.25) is 5.91 Å². The van der Waals surface area contributed by atoms with Crippen LogP contribution in [0.25, 0.3) is 0 Å². The standard InChI is InChI=1S/C22H27ClN4O2/c1-22(2,3)26-21(29)15-4-7-18(8-5-15)25-20(28)16-10-12-27(13-11-16)19-9-6-17(23)14-24-19/h4-9,14,16H,10-13H2,1-3H3,(H,25,28)(H,26,29). The molecule has 3 rings (SSSR count). The van der Waals surface area contributed by atoms with Crippen LogP contribution >= 0.6 is 11.6 Å². The number of aromatic nitrogens is 1. The lowest BCUT2D eigenvalue weighted by Gasteiger charge is -2.32. The first-order valence-electron chi connectivity index (χ1n) is 9.81. The molecule has 0 radical (unpaired) electrons. The van der Waals surface area contributed by atoms with Crippen LogP contribution < -0.4 is 15.5 Å². The van der Waals surface area contributed by atoms with Gasteiger partial charge >= 0.3 is 0 Å². The van der Waals surface area contributed by atoms with Gasteiger partial charge in [-0.15, -0.1) is 0 Å². The van der Waals surface area contributed by atoms with Gasteiger partial charge in [-0.3, -0.25) is 9.59 Å². The van der Waals surface area contributed by atoms with Gasteiger partial charge in [0.15, 0.2) is 0 Å². The lowest BCUT2D eigenvalue weighted by molar-refractivity contribution is -0.120. The molecule has 7 heteroatoms. The molecule has 1 aliphatic heterocycles. The summed E-state index contributed by atoms with van der Waals surface area (Å²) in [4.78, 5) is 31.3. The molecule has 0 spiro atoms. The Hall–Kier alpha value is -2.60. The first-order chi connectivity index (χ1) is 13.7. The fourth-order valence-corrected chi connectivity index (χ4v) is 3.40. The Morgan fingerprint density at radius 3 is 2.28 bits per heavy atom. The minimum absolute atomic E-state index is 0.0145. The third-order valence-electron chi connectivity index (χ3n) is 4.80. The van der Waals surface area contributed by atoms with Gasteiger partial charge in [-0.05, 0) is 70.0 Å². The van der Waals surface area contributed by atoms with Crippen LogP contribution in [0.3, 0.4) is 0 Å². The molecule has 1 saturated heterocycles. The van der Waals surface area contributed by atoms with Crippen LogP contribution in [0.5, 0.6) is 0 Å². The Kier molecular flexibility index (Phi) is 6.42. The topological polar surface area (TPSA) is 74.3 Å². The molecule has 0 aliphatic carbocycles. The molecular formula is C22H27ClN4O2. The number of benzene rings is 1. The Morgan fingerprint density at radius 1 is 1.07 bits per heavy atom. The van der Waals surface area contributed by atoms with Crippen molar-refractivity contribution in [3.63, 3.8) is 0 Å². The van der Waals surface area contributed by atoms with Crippen molar-refractivity contribution in [3.8, 4) is 0 Å². The lowest BCUT2D eigenvalue weighted by Crippen LogP contribution is -2.40. The van der Waals surface area contributed by atoms with Crippen LogP contribution in [0.15, 0.2) is 42.6 Å². The van der Waals surface area contributed by atoms with Crippen molar-refractivity contribution in [1.29, 1.82) is 0 Å². The second kappa shape index (κ2) is 8.82. The number of hydrogen-bond acceptors (Lipinski definition) is 4. The summed E-state index contributed by atoms with van der Waals surface area (Å²) >= 11 is 5.89. The summed E-state index contributed by atoms with van der Waals surface area (Å²) in [5.74, 6) is 0.735. The molecule has 1 fully saturated rings. The molecule has 2 N–H and O–H groups in total. The smallest absolute Gasteiger partial charge is 0.251 e. The van der Waals surface area contributed by atoms with Crippen LogP contribution in [0, 0.1) is 5.92 Å². The number of amides is 2. The van der Waals surface area contributed by atoms with E-state index in [4.69, 9.17) is 11.6 Å². The maximum absolute atomic E-state index is 12.6. The second-order valence-electron chi connectivity index (χ2n) is 8.37. The highest BCUT2D eigenvalue weighted by Crippen LogP contribution is 2.24. The zero-order valence-corrected chi connectivity index (χ0v) is 17.8. The van der Waals surface area contributed by atoms with Crippen LogP contribution in [0.4, 0.5) is 11.5 Å². The van der Waals surface area contributed by atoms with E-state index >= 15 is 0 Å². The van der Waals surface area contributed by atoms with Gasteiger partial charge in [-0.1, -0.05) is 11.6 Å². The summed E-state index contributed by atoms with van der Waals surface area (Å²) in [6.45, 7) is 7.37. The molecule has 2 heterocycles. The maximum atomic E-state index is 12.6. The van der Waals surface area contributed by atoms with Crippen LogP contribution in [0.1, 0.15) is 44.0 Å². The number of halogens is 1. The van der Waals surface area contributed by atoms with E-state index < -0.39 is 0 Å². The highest BCUT2D eigenvalue weighted by atomic mass is 35.5. The van der Waals surface area contributed by atoms with Crippen molar-refractivity contribution >= 4 is 34.9 Å². The van der Waals surface area contributed by atoms with Crippen LogP contribution in [-0.2, 0) is 4.79 Å². The van der Waals surface area contributed by atoms with E-state index in [-0.39, 0.29) is 23.3 Å². The molecule has 2 amide bonds. The Morgan fingerprint density at radius 2 is 1.72 bits per heavy atom. The third kappa shape index (κ3) is 5.94. The van der Waals surface area contributed by atoms with E-state index in [1.54, 1.807) is 30.5 Å². The molecule has 29 heavy (non-hydrogen) atoms. The summed E-state index contributed by atoms with van der Waals surface area (Å²) in [5.41, 5.74) is 0.978. The first kappa shape index (κ1) is 21.1. The predicted molar refractivity (Wildman–Crippen MR) is 116 cm³/mol. The molecule has 1 aliphatic rings. The van der Waals surface area contributed by atoms with E-state index in [2.05, 4.69) is 20.5 Å². The SMILES string of the molecule is CC(C)(C)NC(=O)c1ccc(NC(=O)C2CCN(c3ccc(Cl)cn3)CC2)cc1. The molecule has 0 unspecified atom stereocenters. The molecule has 0 atom stereocenters. The Bertz CT molecular complexity index is 852. The van der Waals surface area contributed by atoms with Gasteiger partial charge in [0.05, 0.1) is 5.02 Å². The first-order valence-corrected chi connectivity index (χ1v) is 10.2. The number of rotatable bonds is 4. The monoisotopic (exact) mass is 414 g/mol. The zero-order valence-electron chi connectivity index (χ0n) is 17.0. The fourth-order valence-electron chi connectivity index (χ4n) is 3.29. The van der Waals surface area contributed by atoms with Crippen molar-refractivity contribution < 1.29 is 9.59 Å². The molecular weight excluding hydrogens is 388 g/mol. The highest BCUT2D eigenvalue weighted by Gasteiger charge is 2.25. The van der Waals surface area contributed by atoms with E-state index in [1.807, 2.05) is 32.9 Å². The van der Waals surface area contributed by atoms with Crippen molar-refractivity contribution in [2.45, 2.75) is 39.2 Å². The van der Waals surface area contributed by atoms with Crippen molar-refractivity contribution in [2.24, 2.45) is 5.92 Å². The average molecular weight is 415 g/mol. The van der Waals surface area contributed by atoms with Gasteiger partial charge in [-0.25, -0.2) is 4.98 Å². The van der Waals surface area contributed by atoms with Gasteiger partial charge in [0.1, 0.15) is 5.82 Å². The summed E-state index contributed by atoms with van der Waals surface area (Å²) < 4.78 is 0. The summed E-state index contributed by atoms with van der Waals surface area (Å²) in [6.07, 6.45) is 3.17. The number of carbonyl (C=O) groups is 2. The summed E-state index contributed by atoms with van der Waals surface area (Å²) in [5, 5.41) is 6.51. The minimum Gasteiger partial charge on any atom is -0.357 e. The van der Waals surface area contributed by atoms with Crippen molar-refractivity contribution in [2.75, 3.05) is 23.3 Å². The quantitative estimate of drug-likeness (QED) is 0.789. The van der Waals surface area contributed by atoms with E-state index in [0.717, 1.165) is 31.7 Å². The molecule has 1 aromatic heterocycles. The number of piperidine rings is 1. The van der Waals surface area contributed by atoms with Gasteiger partial charge < -0.3 is 15.5 Å². The van der Waals surface area contributed by atoms with Crippen LogP contribution in [-0.4, -0.2) is 35.4 Å². The normalized spacial score (nSPS) is 15.1. The second-order valence-corrected chi connectivity index (χ2v) is 8.80. The molecule has 2 aromatic rings. The highest BCUT2D eigenvalue weighted by molar-refractivity contribution is 6.30. The fraction of sp³-hybridized carbons (Fsp3) is 0.409. The summed E-state index contributed by atoms with van der Waals surface area (Å²) in [7, 11) is 0. The molecule has 0 saturated carbocycles. The van der Waals surface area contributed by atoms with Crippen LogP contribution in [0.2, 0.25) is 5.02 Å². The molecule has 1 aromatic carbocycles. The summed E-state index contributed by atoms with van der Waals surface area (Å²) in [6, 6.07) is 10.7. The number of nitrogens with one attached hydrogen (secondary N) is 2. The number of anilines is 2. The third-order valence-corrected chi connectivity index (χ3v) is 5.03. The Labute approximate surface area is 176 Å². The van der Waals surface area contributed by atoms with Crippen molar-refractivity contribution in [1.82, 2.24) is 10.3 Å². The maximum Gasteiger partial charge on any atom is 0.251 e. The Balaban J connectivity index is 1.52. The number of pyridine rings is 1. The number of carbonyl (C=O) groups excluding carboxylic acids is 2. The zero-order chi connectivity index (χ0) is 21.0. The van der Waals surface area contributed by atoms with Gasteiger partial charge in [0, 0.05) is 42.0 Å². The lowest BCUT2D eigenvalue weighted by atomic mass is 9.95. The molecule has 0 bridgehead atoms. The number of hydrogen-bond donors (Lipinski definition) is 2.